The van der Waals surface area contributed by atoms with Crippen molar-refractivity contribution in [3.8, 4) is 0 Å². The van der Waals surface area contributed by atoms with Crippen LogP contribution in [-0.4, -0.2) is 20.9 Å². The van der Waals surface area contributed by atoms with E-state index in [1.54, 1.807) is 10.6 Å². The van der Waals surface area contributed by atoms with E-state index in [0.29, 0.717) is 17.4 Å². The molecule has 1 amide bonds. The summed E-state index contributed by atoms with van der Waals surface area (Å²) in [5.74, 6) is 1.00. The normalized spacial score (nSPS) is 23.4. The Morgan fingerprint density at radius 3 is 2.62 bits per heavy atom. The summed E-state index contributed by atoms with van der Waals surface area (Å²) in [6.07, 6.45) is 5.27. The molecular formula is C21H25N3O2. The zero-order valence-electron chi connectivity index (χ0n) is 15.3. The fourth-order valence-corrected chi connectivity index (χ4v) is 4.25. The number of carbonyl (C=O) groups excluding carboxylic acids is 1. The first-order valence-electron chi connectivity index (χ1n) is 9.44. The van der Waals surface area contributed by atoms with Gasteiger partial charge in [0, 0.05) is 12.2 Å². The van der Waals surface area contributed by atoms with Crippen LogP contribution in [-0.2, 0) is 11.3 Å². The molecule has 3 aromatic rings. The van der Waals surface area contributed by atoms with Gasteiger partial charge in [0.2, 0.25) is 5.91 Å². The first-order valence-corrected chi connectivity index (χ1v) is 9.44. The standard InChI is InChI=1S/C21H25N3O2/c1-14-7-5-8-16(15(14)2)22-20(25)13-24-18-10-4-3-9-17(18)23-12-6-11-19(23)21(24)26/h3-4,6,9-12,14-16H,5,7-8,13H2,1-2H3,(H,22,25)/t14-,15-,16+/m1/s1. The molecule has 136 valence electrons. The van der Waals surface area contributed by atoms with Gasteiger partial charge < -0.3 is 9.72 Å². The minimum absolute atomic E-state index is 0.0542. The monoisotopic (exact) mass is 351 g/mol. The van der Waals surface area contributed by atoms with Crippen LogP contribution in [0.5, 0.6) is 0 Å². The van der Waals surface area contributed by atoms with Crippen LogP contribution in [0.1, 0.15) is 33.1 Å². The molecule has 0 aliphatic heterocycles. The highest BCUT2D eigenvalue weighted by Crippen LogP contribution is 2.29. The summed E-state index contributed by atoms with van der Waals surface area (Å²) < 4.78 is 3.48. The summed E-state index contributed by atoms with van der Waals surface area (Å²) in [5, 5.41) is 3.18. The third-order valence-electron chi connectivity index (χ3n) is 6.00. The van der Waals surface area contributed by atoms with Crippen molar-refractivity contribution < 1.29 is 4.79 Å². The zero-order valence-corrected chi connectivity index (χ0v) is 15.3. The molecule has 1 aliphatic rings. The lowest BCUT2D eigenvalue weighted by atomic mass is 9.78. The lowest BCUT2D eigenvalue weighted by molar-refractivity contribution is -0.123. The summed E-state index contributed by atoms with van der Waals surface area (Å²) in [6, 6.07) is 11.6. The summed E-state index contributed by atoms with van der Waals surface area (Å²) in [6.45, 7) is 4.52. The Hall–Kier alpha value is -2.56. The number of para-hydroxylation sites is 2. The van der Waals surface area contributed by atoms with Gasteiger partial charge in [0.05, 0.1) is 11.0 Å². The molecule has 1 fully saturated rings. The second kappa shape index (κ2) is 6.63. The van der Waals surface area contributed by atoms with Gasteiger partial charge in [-0.2, -0.15) is 0 Å². The minimum Gasteiger partial charge on any atom is -0.352 e. The van der Waals surface area contributed by atoms with Gasteiger partial charge in [-0.15, -0.1) is 0 Å². The lowest BCUT2D eigenvalue weighted by Crippen LogP contribution is -2.45. The summed E-state index contributed by atoms with van der Waals surface area (Å²) >= 11 is 0. The van der Waals surface area contributed by atoms with Gasteiger partial charge in [-0.3, -0.25) is 14.2 Å². The van der Waals surface area contributed by atoms with Crippen molar-refractivity contribution in [2.45, 2.75) is 45.7 Å². The number of fused-ring (bicyclic) bond motifs is 3. The van der Waals surface area contributed by atoms with E-state index >= 15 is 0 Å². The smallest absolute Gasteiger partial charge is 0.275 e. The van der Waals surface area contributed by atoms with Crippen molar-refractivity contribution in [3.63, 3.8) is 0 Å². The van der Waals surface area contributed by atoms with E-state index in [2.05, 4.69) is 19.2 Å². The molecule has 0 spiro atoms. The van der Waals surface area contributed by atoms with Crippen LogP contribution in [0.15, 0.2) is 47.4 Å². The van der Waals surface area contributed by atoms with Crippen LogP contribution in [0.25, 0.3) is 16.6 Å². The number of aromatic nitrogens is 2. The Bertz CT molecular complexity index is 1020. The average molecular weight is 351 g/mol. The Labute approximate surface area is 152 Å². The second-order valence-electron chi connectivity index (χ2n) is 7.58. The predicted octanol–water partition coefficient (Wildman–Crippen LogP) is 3.20. The van der Waals surface area contributed by atoms with Crippen LogP contribution in [0, 0.1) is 11.8 Å². The highest BCUT2D eigenvalue weighted by molar-refractivity contribution is 5.82. The highest BCUT2D eigenvalue weighted by Gasteiger charge is 2.28. The van der Waals surface area contributed by atoms with Gasteiger partial charge in [-0.25, -0.2) is 0 Å². The van der Waals surface area contributed by atoms with Gasteiger partial charge in [-0.1, -0.05) is 38.8 Å². The zero-order chi connectivity index (χ0) is 18.3. The van der Waals surface area contributed by atoms with E-state index in [-0.39, 0.29) is 24.1 Å². The maximum absolute atomic E-state index is 12.9. The molecular weight excluding hydrogens is 326 g/mol. The molecule has 2 aromatic heterocycles. The number of carbonyl (C=O) groups is 1. The van der Waals surface area contributed by atoms with Crippen molar-refractivity contribution in [3.05, 3.63) is 52.9 Å². The molecule has 3 atom stereocenters. The molecule has 0 saturated heterocycles. The Balaban J connectivity index is 1.67. The molecule has 1 aromatic carbocycles. The lowest BCUT2D eigenvalue weighted by Gasteiger charge is -2.34. The largest absolute Gasteiger partial charge is 0.352 e. The molecule has 1 saturated carbocycles. The molecule has 26 heavy (non-hydrogen) atoms. The van der Waals surface area contributed by atoms with E-state index in [4.69, 9.17) is 0 Å². The maximum Gasteiger partial charge on any atom is 0.275 e. The number of nitrogens with zero attached hydrogens (tertiary/aromatic N) is 2. The average Bonchev–Trinajstić information content (AvgIpc) is 3.13. The van der Waals surface area contributed by atoms with Crippen LogP contribution in [0.3, 0.4) is 0 Å². The Morgan fingerprint density at radius 1 is 1.08 bits per heavy atom. The fraction of sp³-hybridized carbons (Fsp3) is 0.429. The molecule has 0 unspecified atom stereocenters. The fourth-order valence-electron chi connectivity index (χ4n) is 4.25. The van der Waals surface area contributed by atoms with Crippen LogP contribution < -0.4 is 10.9 Å². The number of hydrogen-bond donors (Lipinski definition) is 1. The van der Waals surface area contributed by atoms with Crippen LogP contribution >= 0.6 is 0 Å². The van der Waals surface area contributed by atoms with E-state index in [1.165, 1.54) is 6.42 Å². The number of rotatable bonds is 3. The molecule has 1 N–H and O–H groups in total. The molecule has 0 bridgehead atoms. The van der Waals surface area contributed by atoms with Crippen LogP contribution in [0.2, 0.25) is 0 Å². The van der Waals surface area contributed by atoms with E-state index in [9.17, 15) is 9.59 Å². The first kappa shape index (κ1) is 16.9. The number of hydrogen-bond acceptors (Lipinski definition) is 2. The SMILES string of the molecule is C[C@@H]1[C@H](C)CCC[C@@H]1NC(=O)Cn1c(=O)c2cccn2c2ccccc21. The minimum atomic E-state index is -0.131. The van der Waals surface area contributed by atoms with Crippen molar-refractivity contribution in [1.29, 1.82) is 0 Å². The van der Waals surface area contributed by atoms with Gasteiger partial charge in [0.15, 0.2) is 0 Å². The number of amides is 1. The number of nitrogens with one attached hydrogen (secondary N) is 1. The van der Waals surface area contributed by atoms with Crippen molar-refractivity contribution in [2.24, 2.45) is 11.8 Å². The van der Waals surface area contributed by atoms with Gasteiger partial charge in [-0.05, 0) is 42.5 Å². The second-order valence-corrected chi connectivity index (χ2v) is 7.58. The third-order valence-corrected chi connectivity index (χ3v) is 6.00. The van der Waals surface area contributed by atoms with E-state index in [1.807, 2.05) is 40.9 Å². The predicted molar refractivity (Wildman–Crippen MR) is 103 cm³/mol. The molecule has 5 nitrogen and oxygen atoms in total. The van der Waals surface area contributed by atoms with Gasteiger partial charge in [0.1, 0.15) is 12.1 Å². The Morgan fingerprint density at radius 2 is 1.81 bits per heavy atom. The summed E-state index contributed by atoms with van der Waals surface area (Å²) in [7, 11) is 0. The topological polar surface area (TPSA) is 55.5 Å². The van der Waals surface area contributed by atoms with E-state index < -0.39 is 0 Å². The van der Waals surface area contributed by atoms with Crippen LogP contribution in [0.4, 0.5) is 0 Å². The van der Waals surface area contributed by atoms with Crippen molar-refractivity contribution in [2.75, 3.05) is 0 Å². The number of benzene rings is 1. The molecule has 2 heterocycles. The van der Waals surface area contributed by atoms with Gasteiger partial charge in [0.25, 0.3) is 5.56 Å². The molecule has 1 aliphatic carbocycles. The van der Waals surface area contributed by atoms with Gasteiger partial charge >= 0.3 is 0 Å². The third kappa shape index (κ3) is 2.81. The maximum atomic E-state index is 12.9. The molecule has 4 rings (SSSR count). The van der Waals surface area contributed by atoms with Crippen molar-refractivity contribution >= 4 is 22.5 Å². The quantitative estimate of drug-likeness (QED) is 0.788. The summed E-state index contributed by atoms with van der Waals surface area (Å²) in [4.78, 5) is 25.6. The first-order chi connectivity index (χ1) is 12.6. The van der Waals surface area contributed by atoms with E-state index in [0.717, 1.165) is 23.9 Å². The molecule has 0 radical (unpaired) electrons. The summed E-state index contributed by atoms with van der Waals surface area (Å²) in [5.41, 5.74) is 2.17. The molecule has 5 heteroatoms. The highest BCUT2D eigenvalue weighted by atomic mass is 16.2. The van der Waals surface area contributed by atoms with Crippen molar-refractivity contribution in [1.82, 2.24) is 14.3 Å². The Kier molecular flexibility index (Phi) is 4.31.